The van der Waals surface area contributed by atoms with Crippen LogP contribution in [0.3, 0.4) is 0 Å². The van der Waals surface area contributed by atoms with Crippen molar-refractivity contribution in [3.05, 3.63) is 100 Å². The molecule has 2 heterocycles. The number of rotatable bonds is 7. The van der Waals surface area contributed by atoms with Crippen molar-refractivity contribution in [2.45, 2.75) is 13.2 Å². The van der Waals surface area contributed by atoms with Gasteiger partial charge in [0.1, 0.15) is 23.9 Å². The number of amides is 1. The molecule has 1 amide bonds. The van der Waals surface area contributed by atoms with Crippen molar-refractivity contribution in [1.29, 1.82) is 0 Å². The molecule has 2 aromatic heterocycles. The first-order valence-corrected chi connectivity index (χ1v) is 9.92. The predicted molar refractivity (Wildman–Crippen MR) is 113 cm³/mol. The summed E-state index contributed by atoms with van der Waals surface area (Å²) in [5.74, 6) is 0.953. The zero-order valence-corrected chi connectivity index (χ0v) is 17.3. The van der Waals surface area contributed by atoms with E-state index in [0.29, 0.717) is 22.9 Å². The first-order chi connectivity index (χ1) is 14.6. The average Bonchev–Trinajstić information content (AvgIpc) is 3.39. The van der Waals surface area contributed by atoms with Gasteiger partial charge in [0.05, 0.1) is 11.0 Å². The number of aromatic nitrogens is 2. The van der Waals surface area contributed by atoms with Crippen LogP contribution in [0.15, 0.2) is 81.8 Å². The number of halogens is 2. The molecule has 0 saturated heterocycles. The Hall–Kier alpha value is -3.39. The molecule has 0 fully saturated rings. The van der Waals surface area contributed by atoms with Crippen molar-refractivity contribution >= 4 is 27.7 Å². The molecule has 0 radical (unpaired) electrons. The van der Waals surface area contributed by atoms with Crippen LogP contribution >= 0.6 is 15.9 Å². The number of hydrogen-bond donors (Lipinski definition) is 1. The molecule has 0 aliphatic rings. The van der Waals surface area contributed by atoms with Crippen molar-refractivity contribution in [2.24, 2.45) is 0 Å². The number of hydrogen-bond acceptors (Lipinski definition) is 4. The minimum atomic E-state index is -0.432. The van der Waals surface area contributed by atoms with Crippen molar-refractivity contribution in [3.63, 3.8) is 0 Å². The van der Waals surface area contributed by atoms with E-state index in [2.05, 4.69) is 26.3 Å². The van der Waals surface area contributed by atoms with Crippen molar-refractivity contribution in [2.75, 3.05) is 5.32 Å². The van der Waals surface area contributed by atoms with Gasteiger partial charge in [-0.3, -0.25) is 9.48 Å². The minimum Gasteiger partial charge on any atom is -0.484 e. The molecule has 6 nitrogen and oxygen atoms in total. The van der Waals surface area contributed by atoms with Crippen LogP contribution in [-0.2, 0) is 13.2 Å². The largest absolute Gasteiger partial charge is 0.484 e. The number of carbonyl (C=O) groups is 1. The summed E-state index contributed by atoms with van der Waals surface area (Å²) in [5, 5.41) is 6.92. The Labute approximate surface area is 180 Å². The molecule has 0 spiro atoms. The highest BCUT2D eigenvalue weighted by Crippen LogP contribution is 2.25. The van der Waals surface area contributed by atoms with Gasteiger partial charge < -0.3 is 14.5 Å². The third kappa shape index (κ3) is 4.77. The van der Waals surface area contributed by atoms with Crippen LogP contribution in [0.25, 0.3) is 0 Å². The van der Waals surface area contributed by atoms with E-state index in [1.807, 2.05) is 24.3 Å². The van der Waals surface area contributed by atoms with Crippen LogP contribution in [0.2, 0.25) is 0 Å². The number of nitrogens with one attached hydrogen (secondary N) is 1. The van der Waals surface area contributed by atoms with Crippen molar-refractivity contribution in [3.8, 4) is 5.75 Å². The Kier molecular flexibility index (Phi) is 5.94. The monoisotopic (exact) mass is 469 g/mol. The van der Waals surface area contributed by atoms with E-state index < -0.39 is 5.91 Å². The maximum Gasteiger partial charge on any atom is 0.292 e. The Morgan fingerprint density at radius 2 is 1.90 bits per heavy atom. The fourth-order valence-corrected chi connectivity index (χ4v) is 3.18. The maximum atomic E-state index is 13.8. The normalized spacial score (nSPS) is 10.7. The molecule has 0 saturated carbocycles. The van der Waals surface area contributed by atoms with Gasteiger partial charge in [0.25, 0.3) is 5.91 Å². The number of ether oxygens (including phenoxy) is 1. The van der Waals surface area contributed by atoms with Crippen LogP contribution in [0.4, 0.5) is 10.2 Å². The lowest BCUT2D eigenvalue weighted by Gasteiger charge is -2.05. The maximum absolute atomic E-state index is 13.8. The number of furan rings is 1. The summed E-state index contributed by atoms with van der Waals surface area (Å²) in [6.07, 6.45) is 1.67. The van der Waals surface area contributed by atoms with Crippen LogP contribution in [0, 0.1) is 5.82 Å². The van der Waals surface area contributed by atoms with Gasteiger partial charge in [0, 0.05) is 17.8 Å². The molecule has 0 aliphatic carbocycles. The van der Waals surface area contributed by atoms with Crippen LogP contribution in [-0.4, -0.2) is 15.7 Å². The van der Waals surface area contributed by atoms with E-state index >= 15 is 0 Å². The Balaban J connectivity index is 1.35. The van der Waals surface area contributed by atoms with E-state index in [1.165, 1.54) is 6.07 Å². The van der Waals surface area contributed by atoms with Crippen molar-refractivity contribution in [1.82, 2.24) is 9.78 Å². The molecule has 8 heteroatoms. The summed E-state index contributed by atoms with van der Waals surface area (Å²) >= 11 is 3.41. The predicted octanol–water partition coefficient (Wildman–Crippen LogP) is 5.26. The summed E-state index contributed by atoms with van der Waals surface area (Å²) in [4.78, 5) is 12.4. The van der Waals surface area contributed by atoms with Crippen LogP contribution in [0.1, 0.15) is 21.9 Å². The van der Waals surface area contributed by atoms with Crippen LogP contribution in [0.5, 0.6) is 5.75 Å². The topological polar surface area (TPSA) is 69.3 Å². The fraction of sp³-hybridized carbons (Fsp3) is 0.0909. The SMILES string of the molecule is O=C(Nc1ccn(Cc2ccccc2F)n1)c1ccc(COc2ccccc2Br)o1. The molecule has 0 unspecified atom stereocenters. The molecule has 152 valence electrons. The van der Waals surface area contributed by atoms with E-state index in [-0.39, 0.29) is 24.7 Å². The lowest BCUT2D eigenvalue weighted by molar-refractivity contribution is 0.0992. The van der Waals surface area contributed by atoms with Gasteiger partial charge in [-0.2, -0.15) is 5.10 Å². The number of benzene rings is 2. The van der Waals surface area contributed by atoms with Gasteiger partial charge in [0.2, 0.25) is 0 Å². The highest BCUT2D eigenvalue weighted by Gasteiger charge is 2.14. The van der Waals surface area contributed by atoms with Gasteiger partial charge in [-0.1, -0.05) is 30.3 Å². The summed E-state index contributed by atoms with van der Waals surface area (Å²) < 4.78 is 27.4. The number of para-hydroxylation sites is 1. The molecular weight excluding hydrogens is 453 g/mol. The van der Waals surface area contributed by atoms with E-state index in [9.17, 15) is 9.18 Å². The summed E-state index contributed by atoms with van der Waals surface area (Å²) in [7, 11) is 0. The first kappa shape index (κ1) is 19.9. The second-order valence-corrected chi connectivity index (χ2v) is 7.28. The third-order valence-corrected chi connectivity index (χ3v) is 4.92. The summed E-state index contributed by atoms with van der Waals surface area (Å²) in [6, 6.07) is 18.8. The Morgan fingerprint density at radius 3 is 2.73 bits per heavy atom. The first-order valence-electron chi connectivity index (χ1n) is 9.13. The molecule has 0 atom stereocenters. The molecule has 4 rings (SSSR count). The molecule has 1 N–H and O–H groups in total. The van der Waals surface area contributed by atoms with E-state index in [0.717, 1.165) is 4.47 Å². The Morgan fingerprint density at radius 1 is 1.10 bits per heavy atom. The average molecular weight is 470 g/mol. The number of carbonyl (C=O) groups excluding carboxylic acids is 1. The van der Waals surface area contributed by atoms with Gasteiger partial charge in [-0.15, -0.1) is 0 Å². The summed E-state index contributed by atoms with van der Waals surface area (Å²) in [6.45, 7) is 0.451. The van der Waals surface area contributed by atoms with E-state index in [1.54, 1.807) is 47.3 Å². The van der Waals surface area contributed by atoms with Gasteiger partial charge in [-0.05, 0) is 46.3 Å². The van der Waals surface area contributed by atoms with Gasteiger partial charge >= 0.3 is 0 Å². The second-order valence-electron chi connectivity index (χ2n) is 6.43. The molecular formula is C22H17BrFN3O3. The van der Waals surface area contributed by atoms with Gasteiger partial charge in [0.15, 0.2) is 11.6 Å². The minimum absolute atomic E-state index is 0.143. The van der Waals surface area contributed by atoms with Crippen molar-refractivity contribution < 1.29 is 18.3 Å². The highest BCUT2D eigenvalue weighted by atomic mass is 79.9. The molecule has 30 heavy (non-hydrogen) atoms. The molecule has 0 aliphatic heterocycles. The Bertz CT molecular complexity index is 1170. The molecule has 0 bridgehead atoms. The zero-order chi connectivity index (χ0) is 20.9. The van der Waals surface area contributed by atoms with Gasteiger partial charge in [-0.25, -0.2) is 4.39 Å². The summed E-state index contributed by atoms with van der Waals surface area (Å²) in [5.41, 5.74) is 0.513. The quantitative estimate of drug-likeness (QED) is 0.400. The standard InChI is InChI=1S/C22H17BrFN3O3/c23-17-6-2-4-8-19(17)29-14-16-9-10-20(30-16)22(28)25-21-11-12-27(26-21)13-15-5-1-3-7-18(15)24/h1-12H,13-14H2,(H,25,26,28). The number of anilines is 1. The smallest absolute Gasteiger partial charge is 0.292 e. The molecule has 4 aromatic rings. The number of nitrogens with zero attached hydrogens (tertiary/aromatic N) is 2. The van der Waals surface area contributed by atoms with E-state index in [4.69, 9.17) is 9.15 Å². The zero-order valence-electron chi connectivity index (χ0n) is 15.7. The lowest BCUT2D eigenvalue weighted by atomic mass is 10.2. The highest BCUT2D eigenvalue weighted by molar-refractivity contribution is 9.10. The lowest BCUT2D eigenvalue weighted by Crippen LogP contribution is -2.12. The molecule has 2 aromatic carbocycles. The second kappa shape index (κ2) is 8.96. The van der Waals surface area contributed by atoms with Crippen LogP contribution < -0.4 is 10.1 Å². The third-order valence-electron chi connectivity index (χ3n) is 4.26. The fourth-order valence-electron chi connectivity index (χ4n) is 2.78.